The molecule has 1 heterocycles. The van der Waals surface area contributed by atoms with Gasteiger partial charge in [0.1, 0.15) is 0 Å². The molecular formula is C32H21N3O. The van der Waals surface area contributed by atoms with Gasteiger partial charge in [-0.1, -0.05) is 66.3 Å². The number of aromatic nitrogens is 2. The molecule has 5 rings (SSSR count). The van der Waals surface area contributed by atoms with Crippen LogP contribution < -0.4 is 0 Å². The van der Waals surface area contributed by atoms with Gasteiger partial charge in [0.05, 0.1) is 29.9 Å². The molecule has 1 unspecified atom stereocenters. The second-order valence-electron chi connectivity index (χ2n) is 8.47. The van der Waals surface area contributed by atoms with Crippen LogP contribution in [0.15, 0.2) is 97.5 Å². The lowest BCUT2D eigenvalue weighted by atomic mass is 9.86. The summed E-state index contributed by atoms with van der Waals surface area (Å²) in [6, 6.07) is 28.9. The number of nitrogens with zero attached hydrogens (tertiary/aromatic N) is 3. The number of rotatable bonds is 3. The van der Waals surface area contributed by atoms with Crippen LogP contribution in [0, 0.1) is 35.5 Å². The summed E-state index contributed by atoms with van der Waals surface area (Å²) in [5.74, 6) is 8.76. The molecular weight excluding hydrogens is 442 g/mol. The molecule has 0 spiro atoms. The number of hydrogen-bond donors (Lipinski definition) is 1. The molecule has 0 saturated carbocycles. The minimum absolute atomic E-state index is 0.514. The third-order valence-corrected chi connectivity index (χ3v) is 6.26. The van der Waals surface area contributed by atoms with E-state index in [1.165, 1.54) is 0 Å². The highest BCUT2D eigenvalue weighted by Crippen LogP contribution is 2.36. The Hall–Kier alpha value is -5.08. The van der Waals surface area contributed by atoms with Crippen molar-refractivity contribution in [1.82, 2.24) is 9.55 Å². The highest BCUT2D eigenvalue weighted by Gasteiger charge is 2.33. The van der Waals surface area contributed by atoms with E-state index in [4.69, 9.17) is 6.42 Å². The topological polar surface area (TPSA) is 61.8 Å². The third kappa shape index (κ3) is 4.02. The zero-order chi connectivity index (χ0) is 25.1. The highest BCUT2D eigenvalue weighted by atomic mass is 16.3. The van der Waals surface area contributed by atoms with Gasteiger partial charge in [-0.25, -0.2) is 4.98 Å². The quantitative estimate of drug-likeness (QED) is 0.366. The minimum Gasteiger partial charge on any atom is -0.368 e. The number of terminal acetylenes is 1. The lowest BCUT2D eigenvalue weighted by molar-refractivity contribution is 0.137. The van der Waals surface area contributed by atoms with Crippen molar-refractivity contribution in [1.29, 1.82) is 5.26 Å². The van der Waals surface area contributed by atoms with Crippen LogP contribution in [0.5, 0.6) is 0 Å². The average molecular weight is 464 g/mol. The highest BCUT2D eigenvalue weighted by molar-refractivity contribution is 5.98. The number of fused-ring (bicyclic) bond motifs is 1. The van der Waals surface area contributed by atoms with Crippen LogP contribution in [0.1, 0.15) is 27.9 Å². The fourth-order valence-corrected chi connectivity index (χ4v) is 4.35. The van der Waals surface area contributed by atoms with Gasteiger partial charge < -0.3 is 9.67 Å². The standard InChI is InChI=1S/C32H21N3O/c1-3-23-11-13-24(14-12-23)17-18-32(36,31-21-34-22-35(31)2)27-16-15-26(20-33)30(19-27)29-10-6-8-25-7-4-5-9-28(25)29/h1,4-16,19,21-22,36H,2H3. The molecule has 4 aromatic carbocycles. The number of nitriles is 1. The van der Waals surface area contributed by atoms with E-state index in [2.05, 4.69) is 28.8 Å². The Morgan fingerprint density at radius 3 is 2.39 bits per heavy atom. The molecule has 0 radical (unpaired) electrons. The smallest absolute Gasteiger partial charge is 0.194 e. The van der Waals surface area contributed by atoms with Crippen molar-refractivity contribution in [2.45, 2.75) is 5.60 Å². The molecule has 0 bridgehead atoms. The molecule has 0 amide bonds. The first-order valence-corrected chi connectivity index (χ1v) is 11.4. The van der Waals surface area contributed by atoms with E-state index in [9.17, 15) is 10.4 Å². The molecule has 0 aliphatic carbocycles. The normalized spacial score (nSPS) is 12.1. The fraction of sp³-hybridized carbons (Fsp3) is 0.0625. The molecule has 0 fully saturated rings. The number of aryl methyl sites for hydroxylation is 1. The van der Waals surface area contributed by atoms with E-state index in [-0.39, 0.29) is 0 Å². The average Bonchev–Trinajstić information content (AvgIpc) is 3.37. The van der Waals surface area contributed by atoms with E-state index in [0.29, 0.717) is 16.8 Å². The van der Waals surface area contributed by atoms with Crippen molar-refractivity contribution in [3.63, 3.8) is 0 Å². The van der Waals surface area contributed by atoms with Crippen LogP contribution in [0.2, 0.25) is 0 Å². The maximum absolute atomic E-state index is 12.1. The van der Waals surface area contributed by atoms with E-state index in [0.717, 1.165) is 33.0 Å². The molecule has 0 aliphatic rings. The predicted octanol–water partition coefficient (Wildman–Crippen LogP) is 5.38. The van der Waals surface area contributed by atoms with Crippen molar-refractivity contribution >= 4 is 10.8 Å². The van der Waals surface area contributed by atoms with E-state index in [1.807, 2.05) is 79.8 Å². The maximum Gasteiger partial charge on any atom is 0.194 e. The fourth-order valence-electron chi connectivity index (χ4n) is 4.35. The molecule has 1 N–H and O–H groups in total. The van der Waals surface area contributed by atoms with Gasteiger partial charge in [0.25, 0.3) is 0 Å². The molecule has 36 heavy (non-hydrogen) atoms. The molecule has 4 heteroatoms. The zero-order valence-corrected chi connectivity index (χ0v) is 19.6. The summed E-state index contributed by atoms with van der Waals surface area (Å²) in [6.45, 7) is 0. The molecule has 5 aromatic rings. The first-order chi connectivity index (χ1) is 17.5. The lowest BCUT2D eigenvalue weighted by Crippen LogP contribution is -2.28. The molecule has 0 aliphatic heterocycles. The summed E-state index contributed by atoms with van der Waals surface area (Å²) in [7, 11) is 1.81. The Morgan fingerprint density at radius 2 is 1.67 bits per heavy atom. The van der Waals surface area contributed by atoms with Crippen LogP contribution in [0.3, 0.4) is 0 Å². The first kappa shape index (κ1) is 22.7. The van der Waals surface area contributed by atoms with Crippen molar-refractivity contribution in [2.75, 3.05) is 0 Å². The van der Waals surface area contributed by atoms with Crippen molar-refractivity contribution in [2.24, 2.45) is 7.05 Å². The van der Waals surface area contributed by atoms with Crippen molar-refractivity contribution < 1.29 is 5.11 Å². The largest absolute Gasteiger partial charge is 0.368 e. The van der Waals surface area contributed by atoms with Gasteiger partial charge in [0, 0.05) is 29.3 Å². The lowest BCUT2D eigenvalue weighted by Gasteiger charge is -2.24. The van der Waals surface area contributed by atoms with Crippen LogP contribution in [0.4, 0.5) is 0 Å². The van der Waals surface area contributed by atoms with Gasteiger partial charge in [-0.3, -0.25) is 0 Å². The second kappa shape index (κ2) is 9.28. The number of hydrogen-bond acceptors (Lipinski definition) is 3. The molecule has 4 nitrogen and oxygen atoms in total. The van der Waals surface area contributed by atoms with E-state index >= 15 is 0 Å². The van der Waals surface area contributed by atoms with Gasteiger partial charge in [0.2, 0.25) is 0 Å². The molecule has 1 atom stereocenters. The summed E-state index contributed by atoms with van der Waals surface area (Å²) >= 11 is 0. The van der Waals surface area contributed by atoms with E-state index in [1.54, 1.807) is 29.2 Å². The summed E-state index contributed by atoms with van der Waals surface area (Å²) in [5, 5.41) is 24.1. The summed E-state index contributed by atoms with van der Waals surface area (Å²) < 4.78 is 1.74. The van der Waals surface area contributed by atoms with Gasteiger partial charge in [0.15, 0.2) is 5.60 Å². The van der Waals surface area contributed by atoms with Gasteiger partial charge in [-0.05, 0) is 52.7 Å². The molecule has 0 saturated heterocycles. The van der Waals surface area contributed by atoms with Crippen LogP contribution in [-0.2, 0) is 12.6 Å². The van der Waals surface area contributed by atoms with Crippen LogP contribution in [-0.4, -0.2) is 14.7 Å². The SMILES string of the molecule is C#Cc1ccc(C#CC(O)(c2ccc(C#N)c(-c3cccc4ccccc34)c2)c2cncn2C)cc1. The maximum atomic E-state index is 12.1. The molecule has 1 aromatic heterocycles. The Bertz CT molecular complexity index is 1730. The van der Waals surface area contributed by atoms with Crippen molar-refractivity contribution in [3.8, 4) is 41.4 Å². The Kier molecular flexibility index (Phi) is 5.85. The van der Waals surface area contributed by atoms with Crippen LogP contribution in [0.25, 0.3) is 21.9 Å². The number of aliphatic hydroxyl groups is 1. The predicted molar refractivity (Wildman–Crippen MR) is 142 cm³/mol. The monoisotopic (exact) mass is 463 g/mol. The van der Waals surface area contributed by atoms with Gasteiger partial charge >= 0.3 is 0 Å². The summed E-state index contributed by atoms with van der Waals surface area (Å²) in [5.41, 5.74) is 3.02. The minimum atomic E-state index is -1.68. The summed E-state index contributed by atoms with van der Waals surface area (Å²) in [4.78, 5) is 4.21. The zero-order valence-electron chi connectivity index (χ0n) is 19.6. The molecule has 170 valence electrons. The first-order valence-electron chi connectivity index (χ1n) is 11.4. The summed E-state index contributed by atoms with van der Waals surface area (Å²) in [6.07, 6.45) is 8.69. The van der Waals surface area contributed by atoms with Gasteiger partial charge in [-0.15, -0.1) is 6.42 Å². The number of benzene rings is 4. The van der Waals surface area contributed by atoms with E-state index < -0.39 is 5.60 Å². The third-order valence-electron chi connectivity index (χ3n) is 6.26. The Morgan fingerprint density at radius 1 is 0.917 bits per heavy atom. The van der Waals surface area contributed by atoms with Crippen molar-refractivity contribution in [3.05, 3.63) is 125 Å². The Labute approximate surface area is 210 Å². The second-order valence-corrected chi connectivity index (χ2v) is 8.47. The van der Waals surface area contributed by atoms with Gasteiger partial charge in [-0.2, -0.15) is 5.26 Å². The number of imidazole rings is 1. The van der Waals surface area contributed by atoms with Crippen LogP contribution >= 0.6 is 0 Å². The Balaban J connectivity index is 1.72.